The molecule has 1 amide bonds. The number of amides is 1. The van der Waals surface area contributed by atoms with Gasteiger partial charge < -0.3 is 14.9 Å². The van der Waals surface area contributed by atoms with Crippen molar-refractivity contribution in [2.45, 2.75) is 25.3 Å². The summed E-state index contributed by atoms with van der Waals surface area (Å²) in [5.74, 6) is 0.210. The highest BCUT2D eigenvalue weighted by atomic mass is 16.2. The molecule has 2 aromatic heterocycles. The number of aromatic nitrogens is 2. The molecule has 112 valence electrons. The third-order valence-electron chi connectivity index (χ3n) is 4.57. The summed E-state index contributed by atoms with van der Waals surface area (Å²) in [5, 5.41) is 1.14. The van der Waals surface area contributed by atoms with Gasteiger partial charge >= 0.3 is 0 Å². The van der Waals surface area contributed by atoms with Gasteiger partial charge in [-0.2, -0.15) is 0 Å². The van der Waals surface area contributed by atoms with Crippen LogP contribution in [0, 0.1) is 0 Å². The number of nitrogens with one attached hydrogen (secondary N) is 2. The first kappa shape index (κ1) is 13.2. The van der Waals surface area contributed by atoms with Crippen molar-refractivity contribution < 1.29 is 4.79 Å². The molecule has 1 aliphatic heterocycles. The first-order chi connectivity index (χ1) is 10.8. The van der Waals surface area contributed by atoms with Crippen molar-refractivity contribution in [1.29, 1.82) is 0 Å². The summed E-state index contributed by atoms with van der Waals surface area (Å²) >= 11 is 0. The van der Waals surface area contributed by atoms with Gasteiger partial charge in [-0.3, -0.25) is 4.79 Å². The van der Waals surface area contributed by atoms with Gasteiger partial charge in [0.2, 0.25) is 5.91 Å². The molecule has 0 aliphatic carbocycles. The molecule has 1 unspecified atom stereocenters. The summed E-state index contributed by atoms with van der Waals surface area (Å²) in [6, 6.07) is 12.4. The second-order valence-electron chi connectivity index (χ2n) is 5.91. The minimum atomic E-state index is 0.202. The molecule has 1 aliphatic rings. The van der Waals surface area contributed by atoms with Crippen molar-refractivity contribution in [1.82, 2.24) is 14.9 Å². The van der Waals surface area contributed by atoms with Gasteiger partial charge in [0, 0.05) is 35.5 Å². The fourth-order valence-electron chi connectivity index (χ4n) is 3.48. The zero-order valence-electron chi connectivity index (χ0n) is 12.4. The van der Waals surface area contributed by atoms with Crippen LogP contribution in [0.1, 0.15) is 30.1 Å². The lowest BCUT2D eigenvalue weighted by Crippen LogP contribution is -2.31. The van der Waals surface area contributed by atoms with E-state index in [9.17, 15) is 4.79 Å². The van der Waals surface area contributed by atoms with E-state index < -0.39 is 0 Å². The second kappa shape index (κ2) is 5.37. The van der Waals surface area contributed by atoms with Crippen LogP contribution in [-0.4, -0.2) is 27.3 Å². The van der Waals surface area contributed by atoms with E-state index >= 15 is 0 Å². The van der Waals surface area contributed by atoms with Crippen LogP contribution in [0.2, 0.25) is 0 Å². The van der Waals surface area contributed by atoms with E-state index in [1.165, 1.54) is 0 Å². The number of carbonyl (C=O) groups excluding carboxylic acids is 1. The standard InChI is InChI=1S/C18H19N3O/c22-18(11-13-12-20-15-6-2-1-5-14(13)15)21-10-4-8-17(21)16-7-3-9-19-16/h1-3,5-7,9,12,17,19-20H,4,8,10-11H2. The van der Waals surface area contributed by atoms with Gasteiger partial charge in [-0.15, -0.1) is 0 Å². The smallest absolute Gasteiger partial charge is 0.227 e. The molecule has 4 rings (SSSR count). The zero-order chi connectivity index (χ0) is 14.9. The highest BCUT2D eigenvalue weighted by Crippen LogP contribution is 2.31. The number of H-pyrrole nitrogens is 2. The maximum Gasteiger partial charge on any atom is 0.227 e. The number of rotatable bonds is 3. The van der Waals surface area contributed by atoms with Crippen LogP contribution in [-0.2, 0) is 11.2 Å². The van der Waals surface area contributed by atoms with E-state index in [-0.39, 0.29) is 11.9 Å². The predicted octanol–water partition coefficient (Wildman–Crippen LogP) is 3.40. The van der Waals surface area contributed by atoms with Gasteiger partial charge in [-0.05, 0) is 36.6 Å². The quantitative estimate of drug-likeness (QED) is 0.764. The second-order valence-corrected chi connectivity index (χ2v) is 5.91. The summed E-state index contributed by atoms with van der Waals surface area (Å²) in [4.78, 5) is 21.3. The third kappa shape index (κ3) is 2.21. The molecule has 4 heteroatoms. The molecule has 0 bridgehead atoms. The number of aromatic amines is 2. The zero-order valence-corrected chi connectivity index (χ0v) is 12.4. The van der Waals surface area contributed by atoms with Gasteiger partial charge in [-0.1, -0.05) is 18.2 Å². The molecule has 0 radical (unpaired) electrons. The molecule has 1 fully saturated rings. The average molecular weight is 293 g/mol. The monoisotopic (exact) mass is 293 g/mol. The van der Waals surface area contributed by atoms with Crippen LogP contribution in [0.15, 0.2) is 48.8 Å². The fraction of sp³-hybridized carbons (Fsp3) is 0.278. The largest absolute Gasteiger partial charge is 0.363 e. The average Bonchev–Trinajstić information content (AvgIpc) is 3.27. The van der Waals surface area contributed by atoms with Crippen LogP contribution < -0.4 is 0 Å². The maximum atomic E-state index is 12.8. The molecule has 3 heterocycles. The number of hydrogen-bond donors (Lipinski definition) is 2. The molecule has 2 N–H and O–H groups in total. The number of hydrogen-bond acceptors (Lipinski definition) is 1. The first-order valence-corrected chi connectivity index (χ1v) is 7.80. The van der Waals surface area contributed by atoms with E-state index in [0.717, 1.165) is 41.5 Å². The number of benzene rings is 1. The number of para-hydroxylation sites is 1. The predicted molar refractivity (Wildman–Crippen MR) is 86.5 cm³/mol. The lowest BCUT2D eigenvalue weighted by atomic mass is 10.1. The Bertz CT molecular complexity index is 788. The van der Waals surface area contributed by atoms with Crippen LogP contribution in [0.25, 0.3) is 10.9 Å². The van der Waals surface area contributed by atoms with E-state index in [2.05, 4.69) is 22.1 Å². The Balaban J connectivity index is 1.57. The maximum absolute atomic E-state index is 12.8. The Kier molecular flexibility index (Phi) is 3.22. The fourth-order valence-corrected chi connectivity index (χ4v) is 3.48. The molecule has 1 atom stereocenters. The Hall–Kier alpha value is -2.49. The number of likely N-dealkylation sites (tertiary alicyclic amines) is 1. The summed E-state index contributed by atoms with van der Waals surface area (Å²) in [5.41, 5.74) is 3.31. The van der Waals surface area contributed by atoms with E-state index in [0.29, 0.717) is 6.42 Å². The molecule has 3 aromatic rings. The lowest BCUT2D eigenvalue weighted by Gasteiger charge is -2.24. The molecule has 4 nitrogen and oxygen atoms in total. The van der Waals surface area contributed by atoms with Crippen molar-refractivity contribution in [3.05, 3.63) is 60.0 Å². The van der Waals surface area contributed by atoms with Crippen molar-refractivity contribution in [3.63, 3.8) is 0 Å². The molecule has 0 spiro atoms. The Morgan fingerprint density at radius 3 is 2.95 bits per heavy atom. The van der Waals surface area contributed by atoms with E-state index in [4.69, 9.17) is 0 Å². The van der Waals surface area contributed by atoms with Crippen LogP contribution in [0.4, 0.5) is 0 Å². The van der Waals surface area contributed by atoms with E-state index in [1.807, 2.05) is 41.6 Å². The molecule has 22 heavy (non-hydrogen) atoms. The highest BCUT2D eigenvalue weighted by molar-refractivity contribution is 5.89. The number of fused-ring (bicyclic) bond motifs is 1. The summed E-state index contributed by atoms with van der Waals surface area (Å²) in [7, 11) is 0. The molecular weight excluding hydrogens is 274 g/mol. The Morgan fingerprint density at radius 1 is 1.18 bits per heavy atom. The minimum Gasteiger partial charge on any atom is -0.363 e. The van der Waals surface area contributed by atoms with Gasteiger partial charge in [0.1, 0.15) is 0 Å². The summed E-state index contributed by atoms with van der Waals surface area (Å²) in [6.45, 7) is 0.852. The topological polar surface area (TPSA) is 51.9 Å². The Morgan fingerprint density at radius 2 is 2.09 bits per heavy atom. The normalized spacial score (nSPS) is 18.2. The van der Waals surface area contributed by atoms with Gasteiger partial charge in [0.05, 0.1) is 12.5 Å². The molecule has 1 aromatic carbocycles. The van der Waals surface area contributed by atoms with Gasteiger partial charge in [0.25, 0.3) is 0 Å². The van der Waals surface area contributed by atoms with Gasteiger partial charge in [-0.25, -0.2) is 0 Å². The van der Waals surface area contributed by atoms with Crippen molar-refractivity contribution >= 4 is 16.8 Å². The van der Waals surface area contributed by atoms with Crippen molar-refractivity contribution in [2.24, 2.45) is 0 Å². The lowest BCUT2D eigenvalue weighted by molar-refractivity contribution is -0.131. The minimum absolute atomic E-state index is 0.202. The Labute approximate surface area is 129 Å². The van der Waals surface area contributed by atoms with E-state index in [1.54, 1.807) is 0 Å². The van der Waals surface area contributed by atoms with Crippen LogP contribution in [0.5, 0.6) is 0 Å². The molecule has 0 saturated carbocycles. The van der Waals surface area contributed by atoms with Gasteiger partial charge in [0.15, 0.2) is 0 Å². The van der Waals surface area contributed by atoms with Crippen LogP contribution in [0.3, 0.4) is 0 Å². The van der Waals surface area contributed by atoms with Crippen molar-refractivity contribution in [3.8, 4) is 0 Å². The third-order valence-corrected chi connectivity index (χ3v) is 4.57. The number of nitrogens with zero attached hydrogens (tertiary/aromatic N) is 1. The molecular formula is C18H19N3O. The van der Waals surface area contributed by atoms with Crippen LogP contribution >= 0.6 is 0 Å². The summed E-state index contributed by atoms with van der Waals surface area (Å²) in [6.07, 6.45) is 6.46. The first-order valence-electron chi connectivity index (χ1n) is 7.80. The number of carbonyl (C=O) groups is 1. The molecule has 1 saturated heterocycles. The summed E-state index contributed by atoms with van der Waals surface area (Å²) < 4.78 is 0. The SMILES string of the molecule is O=C(Cc1c[nH]c2ccccc12)N1CCCC1c1ccc[nH]1. The highest BCUT2D eigenvalue weighted by Gasteiger charge is 2.30. The van der Waals surface area contributed by atoms with Crippen molar-refractivity contribution in [2.75, 3.05) is 6.54 Å².